The van der Waals surface area contributed by atoms with Crippen LogP contribution in [0.5, 0.6) is 0 Å². The second-order valence-electron chi connectivity index (χ2n) is 2.98. The fraction of sp³-hybridized carbons (Fsp3) is 0. The van der Waals surface area contributed by atoms with Crippen molar-refractivity contribution in [1.82, 2.24) is 15.0 Å². The first-order valence-corrected chi connectivity index (χ1v) is 5.30. The molecule has 0 aliphatic carbocycles. The van der Waals surface area contributed by atoms with Crippen LogP contribution in [0, 0.1) is 0 Å². The van der Waals surface area contributed by atoms with Crippen LogP contribution < -0.4 is 0 Å². The summed E-state index contributed by atoms with van der Waals surface area (Å²) in [6.07, 6.45) is 3.61. The van der Waals surface area contributed by atoms with E-state index in [1.807, 2.05) is 36.4 Å². The van der Waals surface area contributed by atoms with Crippen LogP contribution in [0.4, 0.5) is 0 Å². The van der Waals surface area contributed by atoms with Crippen LogP contribution in [0.25, 0.3) is 12.2 Å². The van der Waals surface area contributed by atoms with Gasteiger partial charge < -0.3 is 0 Å². The van der Waals surface area contributed by atoms with E-state index < -0.39 is 0 Å². The molecule has 0 radical (unpaired) electrons. The van der Waals surface area contributed by atoms with Crippen LogP contribution >= 0.6 is 23.2 Å². The topological polar surface area (TPSA) is 38.7 Å². The van der Waals surface area contributed by atoms with E-state index in [9.17, 15) is 0 Å². The summed E-state index contributed by atoms with van der Waals surface area (Å²) in [7, 11) is 0. The highest BCUT2D eigenvalue weighted by Gasteiger charge is 1.99. The molecule has 0 saturated heterocycles. The first-order valence-electron chi connectivity index (χ1n) is 4.54. The molecule has 0 fully saturated rings. The Morgan fingerprint density at radius 1 is 0.812 bits per heavy atom. The lowest BCUT2D eigenvalue weighted by Gasteiger charge is -1.94. The lowest BCUT2D eigenvalue weighted by atomic mass is 10.2. The summed E-state index contributed by atoms with van der Waals surface area (Å²) < 4.78 is 0. The Labute approximate surface area is 103 Å². The van der Waals surface area contributed by atoms with Crippen molar-refractivity contribution in [2.24, 2.45) is 0 Å². The van der Waals surface area contributed by atoms with Gasteiger partial charge in [-0.3, -0.25) is 0 Å². The maximum Gasteiger partial charge on any atom is 0.227 e. The van der Waals surface area contributed by atoms with Crippen LogP contribution in [0.1, 0.15) is 11.4 Å². The third-order valence-corrected chi connectivity index (χ3v) is 2.16. The average molecular weight is 252 g/mol. The van der Waals surface area contributed by atoms with Gasteiger partial charge in [-0.05, 0) is 34.8 Å². The molecule has 0 aliphatic rings. The number of rotatable bonds is 2. The standard InChI is InChI=1S/C11H7Cl2N3/c12-10-14-9(15-11(13)16-10)7-6-8-4-2-1-3-5-8/h1-7H/b7-6+. The average Bonchev–Trinajstić information content (AvgIpc) is 2.27. The Morgan fingerprint density at radius 3 is 2.06 bits per heavy atom. The predicted molar refractivity (Wildman–Crippen MR) is 65.2 cm³/mol. The van der Waals surface area contributed by atoms with E-state index in [0.717, 1.165) is 5.56 Å². The molecule has 1 aromatic carbocycles. The van der Waals surface area contributed by atoms with Crippen molar-refractivity contribution >= 4 is 35.4 Å². The lowest BCUT2D eigenvalue weighted by Crippen LogP contribution is -1.92. The maximum absolute atomic E-state index is 5.65. The Bertz CT molecular complexity index is 492. The van der Waals surface area contributed by atoms with E-state index >= 15 is 0 Å². The molecular weight excluding hydrogens is 245 g/mol. The van der Waals surface area contributed by atoms with Gasteiger partial charge in [0.25, 0.3) is 0 Å². The Hall–Kier alpha value is -1.45. The van der Waals surface area contributed by atoms with Gasteiger partial charge in [-0.1, -0.05) is 36.4 Å². The molecule has 0 amide bonds. The Morgan fingerprint density at radius 2 is 1.44 bits per heavy atom. The molecule has 0 N–H and O–H groups in total. The molecule has 1 aromatic heterocycles. The second kappa shape index (κ2) is 5.05. The summed E-state index contributed by atoms with van der Waals surface area (Å²) in [5, 5.41) is 0.181. The fourth-order valence-corrected chi connectivity index (χ4v) is 1.53. The SMILES string of the molecule is Clc1nc(Cl)nc(/C=C/c2ccccc2)n1. The molecule has 5 heteroatoms. The molecule has 3 nitrogen and oxygen atoms in total. The van der Waals surface area contributed by atoms with Gasteiger partial charge in [0.2, 0.25) is 10.6 Å². The normalized spacial score (nSPS) is 10.9. The molecule has 2 rings (SSSR count). The summed E-state index contributed by atoms with van der Waals surface area (Å²) in [6, 6.07) is 9.80. The minimum absolute atomic E-state index is 0.0905. The molecule has 1 heterocycles. The van der Waals surface area contributed by atoms with Gasteiger partial charge >= 0.3 is 0 Å². The van der Waals surface area contributed by atoms with Crippen molar-refractivity contribution in [2.45, 2.75) is 0 Å². The van der Waals surface area contributed by atoms with Gasteiger partial charge in [-0.25, -0.2) is 0 Å². The first-order chi connectivity index (χ1) is 7.74. The molecule has 0 spiro atoms. The van der Waals surface area contributed by atoms with Crippen molar-refractivity contribution in [3.05, 3.63) is 52.3 Å². The van der Waals surface area contributed by atoms with E-state index in [1.165, 1.54) is 0 Å². The van der Waals surface area contributed by atoms with E-state index in [-0.39, 0.29) is 10.6 Å². The number of hydrogen-bond donors (Lipinski definition) is 0. The van der Waals surface area contributed by atoms with Crippen LogP contribution in [-0.2, 0) is 0 Å². The number of benzene rings is 1. The van der Waals surface area contributed by atoms with Crippen molar-refractivity contribution in [3.63, 3.8) is 0 Å². The minimum atomic E-state index is 0.0905. The molecule has 0 saturated carbocycles. The van der Waals surface area contributed by atoms with Gasteiger partial charge in [0.1, 0.15) is 0 Å². The number of aromatic nitrogens is 3. The van der Waals surface area contributed by atoms with Crippen LogP contribution in [-0.4, -0.2) is 15.0 Å². The number of nitrogens with zero attached hydrogens (tertiary/aromatic N) is 3. The highest BCUT2D eigenvalue weighted by molar-refractivity contribution is 6.31. The zero-order valence-corrected chi connectivity index (χ0v) is 9.65. The molecule has 2 aromatic rings. The minimum Gasteiger partial charge on any atom is -0.198 e. The van der Waals surface area contributed by atoms with Gasteiger partial charge in [-0.15, -0.1) is 0 Å². The van der Waals surface area contributed by atoms with E-state index in [0.29, 0.717) is 5.82 Å². The Balaban J connectivity index is 2.24. The van der Waals surface area contributed by atoms with E-state index in [1.54, 1.807) is 6.08 Å². The zero-order valence-electron chi connectivity index (χ0n) is 8.14. The molecule has 16 heavy (non-hydrogen) atoms. The van der Waals surface area contributed by atoms with Crippen molar-refractivity contribution in [1.29, 1.82) is 0 Å². The van der Waals surface area contributed by atoms with Crippen molar-refractivity contribution < 1.29 is 0 Å². The van der Waals surface area contributed by atoms with Gasteiger partial charge in [0, 0.05) is 0 Å². The highest BCUT2D eigenvalue weighted by Crippen LogP contribution is 2.09. The summed E-state index contributed by atoms with van der Waals surface area (Å²) in [6.45, 7) is 0. The van der Waals surface area contributed by atoms with E-state index in [2.05, 4.69) is 15.0 Å². The second-order valence-corrected chi connectivity index (χ2v) is 3.65. The molecule has 0 aliphatic heterocycles. The molecule has 80 valence electrons. The van der Waals surface area contributed by atoms with Crippen molar-refractivity contribution in [3.8, 4) is 0 Å². The smallest absolute Gasteiger partial charge is 0.198 e. The molecule has 0 bridgehead atoms. The quantitative estimate of drug-likeness (QED) is 0.822. The summed E-state index contributed by atoms with van der Waals surface area (Å²) in [5.74, 6) is 0.439. The third-order valence-electron chi connectivity index (χ3n) is 1.82. The van der Waals surface area contributed by atoms with Crippen molar-refractivity contribution in [2.75, 3.05) is 0 Å². The molecule has 0 atom stereocenters. The molecule has 0 unspecified atom stereocenters. The first kappa shape index (κ1) is 11.0. The largest absolute Gasteiger partial charge is 0.227 e. The summed E-state index contributed by atoms with van der Waals surface area (Å²) in [4.78, 5) is 11.5. The third kappa shape index (κ3) is 3.02. The highest BCUT2D eigenvalue weighted by atomic mass is 35.5. The monoisotopic (exact) mass is 251 g/mol. The molecular formula is C11H7Cl2N3. The van der Waals surface area contributed by atoms with Gasteiger partial charge in [-0.2, -0.15) is 15.0 Å². The van der Waals surface area contributed by atoms with Gasteiger partial charge in [0.05, 0.1) is 0 Å². The van der Waals surface area contributed by atoms with Crippen LogP contribution in [0.3, 0.4) is 0 Å². The van der Waals surface area contributed by atoms with E-state index in [4.69, 9.17) is 23.2 Å². The zero-order chi connectivity index (χ0) is 11.4. The fourth-order valence-electron chi connectivity index (χ4n) is 1.15. The Kier molecular flexibility index (Phi) is 3.49. The van der Waals surface area contributed by atoms with Gasteiger partial charge in [0.15, 0.2) is 5.82 Å². The lowest BCUT2D eigenvalue weighted by molar-refractivity contribution is 1.03. The predicted octanol–water partition coefficient (Wildman–Crippen LogP) is 3.35. The maximum atomic E-state index is 5.65. The summed E-state index contributed by atoms with van der Waals surface area (Å²) in [5.41, 5.74) is 1.05. The van der Waals surface area contributed by atoms with Crippen LogP contribution in [0.2, 0.25) is 10.6 Å². The summed E-state index contributed by atoms with van der Waals surface area (Å²) >= 11 is 11.3. The number of hydrogen-bond acceptors (Lipinski definition) is 3. The number of halogens is 2. The van der Waals surface area contributed by atoms with Crippen LogP contribution in [0.15, 0.2) is 30.3 Å².